The fourth-order valence-electron chi connectivity index (χ4n) is 1.47. The highest BCUT2D eigenvalue weighted by Crippen LogP contribution is 2.30. The second-order valence-corrected chi connectivity index (χ2v) is 5.06. The number of hydrogen-bond acceptors (Lipinski definition) is 2. The highest BCUT2D eigenvalue weighted by molar-refractivity contribution is 9.10. The SMILES string of the molecule is N=C(N)c1cc(Br)ccc1Oc1ccc(F)c(Cl)c1. The van der Waals surface area contributed by atoms with Gasteiger partial charge in [0.2, 0.25) is 0 Å². The fourth-order valence-corrected chi connectivity index (χ4v) is 2.00. The number of nitrogens with one attached hydrogen (secondary N) is 1. The molecule has 0 unspecified atom stereocenters. The molecule has 0 amide bonds. The van der Waals surface area contributed by atoms with Gasteiger partial charge >= 0.3 is 0 Å². The molecule has 19 heavy (non-hydrogen) atoms. The van der Waals surface area contributed by atoms with Gasteiger partial charge in [-0.25, -0.2) is 4.39 Å². The van der Waals surface area contributed by atoms with Crippen molar-refractivity contribution < 1.29 is 9.13 Å². The van der Waals surface area contributed by atoms with Gasteiger partial charge in [0.1, 0.15) is 23.2 Å². The predicted octanol–water partition coefficient (Wildman–Crippen LogP) is 4.32. The third-order valence-corrected chi connectivity index (χ3v) is 3.13. The molecule has 0 bridgehead atoms. The summed E-state index contributed by atoms with van der Waals surface area (Å²) >= 11 is 8.97. The van der Waals surface area contributed by atoms with E-state index in [0.29, 0.717) is 17.1 Å². The number of benzene rings is 2. The van der Waals surface area contributed by atoms with Gasteiger partial charge in [-0.2, -0.15) is 0 Å². The lowest BCUT2D eigenvalue weighted by molar-refractivity contribution is 0.479. The van der Waals surface area contributed by atoms with Crippen molar-refractivity contribution in [2.24, 2.45) is 5.73 Å². The first-order valence-electron chi connectivity index (χ1n) is 5.24. The van der Waals surface area contributed by atoms with Crippen molar-refractivity contribution >= 4 is 33.4 Å². The zero-order valence-corrected chi connectivity index (χ0v) is 11.9. The molecule has 2 rings (SSSR count). The van der Waals surface area contributed by atoms with Crippen LogP contribution in [0.5, 0.6) is 11.5 Å². The van der Waals surface area contributed by atoms with Crippen LogP contribution in [0.4, 0.5) is 4.39 Å². The molecule has 0 heterocycles. The van der Waals surface area contributed by atoms with Crippen LogP contribution in [-0.2, 0) is 0 Å². The number of halogens is 3. The van der Waals surface area contributed by atoms with E-state index in [2.05, 4.69) is 15.9 Å². The number of rotatable bonds is 3. The molecule has 0 saturated heterocycles. The van der Waals surface area contributed by atoms with Crippen LogP contribution >= 0.6 is 27.5 Å². The normalized spacial score (nSPS) is 10.3. The molecular formula is C13H9BrClFN2O. The quantitative estimate of drug-likeness (QED) is 0.644. The third-order valence-electron chi connectivity index (χ3n) is 2.35. The van der Waals surface area contributed by atoms with Gasteiger partial charge in [0.25, 0.3) is 0 Å². The average molecular weight is 344 g/mol. The Morgan fingerprint density at radius 1 is 1.26 bits per heavy atom. The minimum absolute atomic E-state index is 0.0287. The Hall–Kier alpha value is -1.59. The van der Waals surface area contributed by atoms with Gasteiger partial charge < -0.3 is 10.5 Å². The average Bonchev–Trinajstić information content (AvgIpc) is 2.36. The molecule has 0 spiro atoms. The van der Waals surface area contributed by atoms with E-state index < -0.39 is 5.82 Å². The highest BCUT2D eigenvalue weighted by atomic mass is 79.9. The van der Waals surface area contributed by atoms with Gasteiger partial charge in [0.05, 0.1) is 10.6 Å². The standard InChI is InChI=1S/C13H9BrClFN2O/c14-7-1-4-12(9(5-7)13(17)18)19-8-2-3-11(16)10(15)6-8/h1-6H,(H3,17,18). The summed E-state index contributed by atoms with van der Waals surface area (Å²) in [4.78, 5) is 0. The Morgan fingerprint density at radius 2 is 2.00 bits per heavy atom. The summed E-state index contributed by atoms with van der Waals surface area (Å²) < 4.78 is 19.4. The molecule has 2 aromatic rings. The number of nitrogens with two attached hydrogens (primary N) is 1. The van der Waals surface area contributed by atoms with Gasteiger partial charge in [-0.1, -0.05) is 27.5 Å². The molecule has 0 saturated carbocycles. The number of ether oxygens (including phenoxy) is 1. The molecular weight excluding hydrogens is 335 g/mol. The minimum Gasteiger partial charge on any atom is -0.457 e. The summed E-state index contributed by atoms with van der Waals surface area (Å²) in [5, 5.41) is 7.48. The van der Waals surface area contributed by atoms with E-state index in [1.54, 1.807) is 18.2 Å². The lowest BCUT2D eigenvalue weighted by atomic mass is 10.2. The van der Waals surface area contributed by atoms with E-state index in [1.807, 2.05) is 0 Å². The Bertz CT molecular complexity index is 649. The van der Waals surface area contributed by atoms with Crippen LogP contribution in [0, 0.1) is 11.2 Å². The van der Waals surface area contributed by atoms with Crippen molar-refractivity contribution in [2.75, 3.05) is 0 Å². The Morgan fingerprint density at radius 3 is 2.63 bits per heavy atom. The van der Waals surface area contributed by atoms with Crippen LogP contribution in [0.15, 0.2) is 40.9 Å². The molecule has 0 aliphatic heterocycles. The zero-order valence-electron chi connectivity index (χ0n) is 9.58. The molecule has 0 fully saturated rings. The van der Waals surface area contributed by atoms with Crippen molar-refractivity contribution in [2.45, 2.75) is 0 Å². The van der Waals surface area contributed by atoms with E-state index in [0.717, 1.165) is 4.47 Å². The number of nitrogen functional groups attached to an aromatic ring is 1. The monoisotopic (exact) mass is 342 g/mol. The summed E-state index contributed by atoms with van der Waals surface area (Å²) in [5.41, 5.74) is 5.93. The van der Waals surface area contributed by atoms with Crippen LogP contribution < -0.4 is 10.5 Å². The minimum atomic E-state index is -0.517. The first kappa shape index (κ1) is 13.8. The van der Waals surface area contributed by atoms with Crippen molar-refractivity contribution in [1.82, 2.24) is 0 Å². The summed E-state index contributed by atoms with van der Waals surface area (Å²) in [6.45, 7) is 0. The molecule has 3 nitrogen and oxygen atoms in total. The van der Waals surface area contributed by atoms with Crippen LogP contribution in [0.3, 0.4) is 0 Å². The van der Waals surface area contributed by atoms with Crippen molar-refractivity contribution in [3.63, 3.8) is 0 Å². The third kappa shape index (κ3) is 3.24. The zero-order chi connectivity index (χ0) is 14.0. The Labute approximate surface area is 122 Å². The summed E-state index contributed by atoms with van der Waals surface area (Å²) in [7, 11) is 0. The van der Waals surface area contributed by atoms with E-state index in [4.69, 9.17) is 27.5 Å². The van der Waals surface area contributed by atoms with Crippen LogP contribution in [0.25, 0.3) is 0 Å². The number of amidine groups is 1. The van der Waals surface area contributed by atoms with E-state index >= 15 is 0 Å². The van der Waals surface area contributed by atoms with Crippen molar-refractivity contribution in [1.29, 1.82) is 5.41 Å². The highest BCUT2D eigenvalue weighted by Gasteiger charge is 2.10. The van der Waals surface area contributed by atoms with Crippen LogP contribution in [0.1, 0.15) is 5.56 Å². The summed E-state index contributed by atoms with van der Waals surface area (Å²) in [6, 6.07) is 9.12. The van der Waals surface area contributed by atoms with Gasteiger partial charge in [0.15, 0.2) is 0 Å². The van der Waals surface area contributed by atoms with Crippen molar-refractivity contribution in [3.8, 4) is 11.5 Å². The molecule has 0 aromatic heterocycles. The Kier molecular flexibility index (Phi) is 4.07. The maximum Gasteiger partial charge on any atom is 0.142 e. The van der Waals surface area contributed by atoms with Gasteiger partial charge in [0, 0.05) is 10.5 Å². The fraction of sp³-hybridized carbons (Fsp3) is 0. The largest absolute Gasteiger partial charge is 0.457 e. The molecule has 0 aliphatic rings. The molecule has 98 valence electrons. The molecule has 0 aliphatic carbocycles. The topological polar surface area (TPSA) is 59.1 Å². The van der Waals surface area contributed by atoms with Gasteiger partial charge in [-0.05, 0) is 30.3 Å². The van der Waals surface area contributed by atoms with Crippen LogP contribution in [-0.4, -0.2) is 5.84 Å². The van der Waals surface area contributed by atoms with Crippen molar-refractivity contribution in [3.05, 3.63) is 57.3 Å². The molecule has 0 radical (unpaired) electrons. The lowest BCUT2D eigenvalue weighted by Gasteiger charge is -2.11. The predicted molar refractivity (Wildman–Crippen MR) is 76.6 cm³/mol. The Balaban J connectivity index is 2.37. The maximum atomic E-state index is 13.1. The molecule has 2 aromatic carbocycles. The van der Waals surface area contributed by atoms with Gasteiger partial charge in [-0.3, -0.25) is 5.41 Å². The number of hydrogen-bond donors (Lipinski definition) is 2. The van der Waals surface area contributed by atoms with Gasteiger partial charge in [-0.15, -0.1) is 0 Å². The first-order chi connectivity index (χ1) is 8.97. The molecule has 6 heteroatoms. The first-order valence-corrected chi connectivity index (χ1v) is 6.41. The maximum absolute atomic E-state index is 13.1. The second kappa shape index (κ2) is 5.59. The smallest absolute Gasteiger partial charge is 0.142 e. The van der Waals surface area contributed by atoms with Crippen LogP contribution in [0.2, 0.25) is 5.02 Å². The lowest BCUT2D eigenvalue weighted by Crippen LogP contribution is -2.12. The molecule has 3 N–H and O–H groups in total. The summed E-state index contributed by atoms with van der Waals surface area (Å²) in [5.74, 6) is 0.135. The van der Waals surface area contributed by atoms with E-state index in [1.165, 1.54) is 18.2 Å². The summed E-state index contributed by atoms with van der Waals surface area (Å²) in [6.07, 6.45) is 0. The second-order valence-electron chi connectivity index (χ2n) is 3.73. The van der Waals surface area contributed by atoms with E-state index in [-0.39, 0.29) is 10.9 Å². The molecule has 0 atom stereocenters. The van der Waals surface area contributed by atoms with E-state index in [9.17, 15) is 4.39 Å².